The van der Waals surface area contributed by atoms with Gasteiger partial charge in [-0.05, 0) is 38.8 Å². The molecule has 0 aromatic heterocycles. The molecule has 0 spiro atoms. The number of amides is 1. The third-order valence-corrected chi connectivity index (χ3v) is 3.29. The number of nitrogens with two attached hydrogens (primary N) is 1. The van der Waals surface area contributed by atoms with Gasteiger partial charge in [0.1, 0.15) is 0 Å². The quantitative estimate of drug-likeness (QED) is 0.701. The van der Waals surface area contributed by atoms with Gasteiger partial charge in [0.25, 0.3) is 0 Å². The van der Waals surface area contributed by atoms with Crippen LogP contribution < -0.4 is 5.73 Å². The zero-order chi connectivity index (χ0) is 11.1. The van der Waals surface area contributed by atoms with Gasteiger partial charge in [0.05, 0.1) is 6.04 Å². The highest BCUT2D eigenvalue weighted by atomic mass is 32.2. The third kappa shape index (κ3) is 4.33. The second kappa shape index (κ2) is 7.12. The Balaban J connectivity index is 4.12. The highest BCUT2D eigenvalue weighted by Gasteiger charge is 2.22. The van der Waals surface area contributed by atoms with Crippen LogP contribution in [0.15, 0.2) is 0 Å². The molecule has 0 aromatic carbocycles. The lowest BCUT2D eigenvalue weighted by Gasteiger charge is -2.30. The average molecular weight is 218 g/mol. The molecule has 0 fully saturated rings. The van der Waals surface area contributed by atoms with Crippen molar-refractivity contribution in [3.8, 4) is 0 Å². The first-order valence-electron chi connectivity index (χ1n) is 5.04. The SMILES string of the molecule is CCC(C(N)=O)N(C)C(C)CCSC. The molecule has 1 amide bonds. The summed E-state index contributed by atoms with van der Waals surface area (Å²) in [6.07, 6.45) is 3.98. The Hall–Kier alpha value is -0.220. The fourth-order valence-electron chi connectivity index (χ4n) is 1.49. The van der Waals surface area contributed by atoms with Crippen LogP contribution in [0.2, 0.25) is 0 Å². The Bertz CT molecular complexity index is 176. The summed E-state index contributed by atoms with van der Waals surface area (Å²) in [5.74, 6) is 0.909. The second-order valence-electron chi connectivity index (χ2n) is 3.62. The van der Waals surface area contributed by atoms with Crippen LogP contribution in [0.1, 0.15) is 26.7 Å². The highest BCUT2D eigenvalue weighted by Crippen LogP contribution is 2.11. The van der Waals surface area contributed by atoms with E-state index in [1.807, 2.05) is 25.7 Å². The molecule has 3 nitrogen and oxygen atoms in total. The largest absolute Gasteiger partial charge is 0.368 e. The minimum atomic E-state index is -0.217. The molecular formula is C10H22N2OS. The molecule has 0 aliphatic carbocycles. The zero-order valence-corrected chi connectivity index (χ0v) is 10.4. The summed E-state index contributed by atoms with van der Waals surface area (Å²) in [5.41, 5.74) is 5.33. The Morgan fingerprint density at radius 2 is 2.14 bits per heavy atom. The third-order valence-electron chi connectivity index (χ3n) is 2.64. The molecule has 0 aliphatic heterocycles. The van der Waals surface area contributed by atoms with Crippen LogP contribution in [0.3, 0.4) is 0 Å². The van der Waals surface area contributed by atoms with Crippen molar-refractivity contribution >= 4 is 17.7 Å². The predicted molar refractivity (Wildman–Crippen MR) is 63.5 cm³/mol. The van der Waals surface area contributed by atoms with Crippen LogP contribution >= 0.6 is 11.8 Å². The molecule has 0 saturated heterocycles. The van der Waals surface area contributed by atoms with Crippen LogP contribution in [-0.4, -0.2) is 41.9 Å². The molecule has 0 bridgehead atoms. The van der Waals surface area contributed by atoms with Gasteiger partial charge in [0.15, 0.2) is 0 Å². The topological polar surface area (TPSA) is 46.3 Å². The van der Waals surface area contributed by atoms with E-state index in [1.54, 1.807) is 0 Å². The number of rotatable bonds is 7. The van der Waals surface area contributed by atoms with Gasteiger partial charge >= 0.3 is 0 Å². The molecular weight excluding hydrogens is 196 g/mol. The number of carbonyl (C=O) groups is 1. The standard InChI is InChI=1S/C10H22N2OS/c1-5-9(10(11)13)12(3)8(2)6-7-14-4/h8-9H,5-7H2,1-4H3,(H2,11,13). The molecule has 14 heavy (non-hydrogen) atoms. The fourth-order valence-corrected chi connectivity index (χ4v) is 2.07. The number of hydrogen-bond acceptors (Lipinski definition) is 3. The van der Waals surface area contributed by atoms with Gasteiger partial charge in [-0.3, -0.25) is 9.69 Å². The van der Waals surface area contributed by atoms with Crippen molar-refractivity contribution in [3.63, 3.8) is 0 Å². The summed E-state index contributed by atoms with van der Waals surface area (Å²) < 4.78 is 0. The van der Waals surface area contributed by atoms with Crippen molar-refractivity contribution in [2.45, 2.75) is 38.8 Å². The molecule has 2 unspecified atom stereocenters. The molecule has 2 atom stereocenters. The van der Waals surface area contributed by atoms with E-state index in [1.165, 1.54) is 0 Å². The van der Waals surface area contributed by atoms with Crippen molar-refractivity contribution in [2.24, 2.45) is 5.73 Å². The van der Waals surface area contributed by atoms with E-state index < -0.39 is 0 Å². The van der Waals surface area contributed by atoms with Crippen LogP contribution in [0.5, 0.6) is 0 Å². The van der Waals surface area contributed by atoms with Crippen molar-refractivity contribution in [1.29, 1.82) is 0 Å². The summed E-state index contributed by atoms with van der Waals surface area (Å²) in [6, 6.07) is 0.298. The number of nitrogens with zero attached hydrogens (tertiary/aromatic N) is 1. The van der Waals surface area contributed by atoms with E-state index in [9.17, 15) is 4.79 Å². The van der Waals surface area contributed by atoms with Crippen molar-refractivity contribution < 1.29 is 4.79 Å². The first-order chi connectivity index (χ1) is 6.54. The summed E-state index contributed by atoms with van der Waals surface area (Å²) >= 11 is 1.83. The maximum Gasteiger partial charge on any atom is 0.234 e. The molecule has 4 heteroatoms. The molecule has 0 radical (unpaired) electrons. The van der Waals surface area contributed by atoms with Crippen molar-refractivity contribution in [2.75, 3.05) is 19.1 Å². The van der Waals surface area contributed by atoms with Gasteiger partial charge in [-0.25, -0.2) is 0 Å². The molecule has 0 heterocycles. The van der Waals surface area contributed by atoms with Gasteiger partial charge in [0.2, 0.25) is 5.91 Å². The van der Waals surface area contributed by atoms with E-state index in [0.717, 1.165) is 18.6 Å². The van der Waals surface area contributed by atoms with E-state index in [0.29, 0.717) is 6.04 Å². The lowest BCUT2D eigenvalue weighted by atomic mass is 10.1. The summed E-state index contributed by atoms with van der Waals surface area (Å²) in [7, 11) is 1.98. The smallest absolute Gasteiger partial charge is 0.234 e. The molecule has 84 valence electrons. The first kappa shape index (κ1) is 13.8. The normalized spacial score (nSPS) is 15.5. The van der Waals surface area contributed by atoms with E-state index in [-0.39, 0.29) is 11.9 Å². The lowest BCUT2D eigenvalue weighted by Crippen LogP contribution is -2.46. The fraction of sp³-hybridized carbons (Fsp3) is 0.900. The van der Waals surface area contributed by atoms with Gasteiger partial charge < -0.3 is 5.73 Å². The molecule has 0 aliphatic rings. The minimum absolute atomic E-state index is 0.119. The van der Waals surface area contributed by atoms with Crippen LogP contribution in [0, 0.1) is 0 Å². The number of hydrogen-bond donors (Lipinski definition) is 1. The Kier molecular flexibility index (Phi) is 7.01. The molecule has 0 aromatic rings. The zero-order valence-electron chi connectivity index (χ0n) is 9.62. The number of likely N-dealkylation sites (N-methyl/N-ethyl adjacent to an activating group) is 1. The van der Waals surface area contributed by atoms with E-state index in [4.69, 9.17) is 5.73 Å². The first-order valence-corrected chi connectivity index (χ1v) is 6.44. The highest BCUT2D eigenvalue weighted by molar-refractivity contribution is 7.98. The van der Waals surface area contributed by atoms with E-state index in [2.05, 4.69) is 18.1 Å². The number of carbonyl (C=O) groups excluding carboxylic acids is 1. The van der Waals surface area contributed by atoms with Crippen LogP contribution in [0.4, 0.5) is 0 Å². The number of thioether (sulfide) groups is 1. The monoisotopic (exact) mass is 218 g/mol. The van der Waals surface area contributed by atoms with Gasteiger partial charge in [-0.2, -0.15) is 11.8 Å². The average Bonchev–Trinajstić information content (AvgIpc) is 2.14. The Morgan fingerprint density at radius 1 is 1.57 bits per heavy atom. The van der Waals surface area contributed by atoms with Gasteiger partial charge in [-0.15, -0.1) is 0 Å². The maximum atomic E-state index is 11.1. The molecule has 0 saturated carbocycles. The van der Waals surface area contributed by atoms with Gasteiger partial charge in [-0.1, -0.05) is 6.92 Å². The van der Waals surface area contributed by atoms with Crippen molar-refractivity contribution in [1.82, 2.24) is 4.90 Å². The predicted octanol–water partition coefficient (Wildman–Crippen LogP) is 1.32. The van der Waals surface area contributed by atoms with Crippen LogP contribution in [-0.2, 0) is 4.79 Å². The Morgan fingerprint density at radius 3 is 2.50 bits per heavy atom. The lowest BCUT2D eigenvalue weighted by molar-refractivity contribution is -0.123. The maximum absolute atomic E-state index is 11.1. The summed E-state index contributed by atoms with van der Waals surface area (Å²) in [4.78, 5) is 13.2. The summed E-state index contributed by atoms with van der Waals surface area (Å²) in [5, 5.41) is 0. The van der Waals surface area contributed by atoms with Gasteiger partial charge in [0, 0.05) is 6.04 Å². The Labute approximate surface area is 91.4 Å². The molecule has 2 N–H and O–H groups in total. The molecule has 0 rings (SSSR count). The summed E-state index contributed by atoms with van der Waals surface area (Å²) in [6.45, 7) is 4.13. The van der Waals surface area contributed by atoms with Crippen molar-refractivity contribution in [3.05, 3.63) is 0 Å². The van der Waals surface area contributed by atoms with E-state index >= 15 is 0 Å². The van der Waals surface area contributed by atoms with Crippen LogP contribution in [0.25, 0.3) is 0 Å². The second-order valence-corrected chi connectivity index (χ2v) is 4.61. The number of primary amides is 1. The minimum Gasteiger partial charge on any atom is -0.368 e.